The molecule has 3 amide bonds. The molecule has 114 valence electrons. The molecule has 1 aliphatic rings. The predicted molar refractivity (Wildman–Crippen MR) is 73.2 cm³/mol. The molecule has 20 heavy (non-hydrogen) atoms. The molecule has 0 aromatic heterocycles. The van der Waals surface area contributed by atoms with E-state index in [2.05, 4.69) is 10.6 Å². The highest BCUT2D eigenvalue weighted by molar-refractivity contribution is 5.96. The van der Waals surface area contributed by atoms with E-state index >= 15 is 0 Å². The molecule has 7 heteroatoms. The highest BCUT2D eigenvalue weighted by atomic mass is 16.4. The Morgan fingerprint density at radius 2 is 1.95 bits per heavy atom. The molecule has 1 saturated heterocycles. The molecule has 7 nitrogen and oxygen atoms in total. The molecule has 2 unspecified atom stereocenters. The minimum atomic E-state index is -0.838. The van der Waals surface area contributed by atoms with Crippen molar-refractivity contribution in [1.82, 2.24) is 15.5 Å². The molecule has 0 radical (unpaired) electrons. The smallest absolute Gasteiger partial charge is 0.321 e. The van der Waals surface area contributed by atoms with Crippen molar-refractivity contribution in [3.8, 4) is 0 Å². The summed E-state index contributed by atoms with van der Waals surface area (Å²) in [6.07, 6.45) is 0.534. The van der Waals surface area contributed by atoms with E-state index in [-0.39, 0.29) is 0 Å². The van der Waals surface area contributed by atoms with Crippen molar-refractivity contribution in [3.05, 3.63) is 0 Å². The number of carbonyl (C=O) groups is 3. The Balaban J connectivity index is 2.40. The fourth-order valence-corrected chi connectivity index (χ4v) is 2.06. The summed E-state index contributed by atoms with van der Waals surface area (Å²) in [5.74, 6) is -1.37. The summed E-state index contributed by atoms with van der Waals surface area (Å²) in [5, 5.41) is 13.8. The summed E-state index contributed by atoms with van der Waals surface area (Å²) in [5.41, 5.74) is 0. The van der Waals surface area contributed by atoms with Gasteiger partial charge >= 0.3 is 12.0 Å². The van der Waals surface area contributed by atoms with Crippen LogP contribution in [-0.4, -0.2) is 53.6 Å². The molecule has 0 saturated carbocycles. The third-order valence-electron chi connectivity index (χ3n) is 3.40. The molecule has 0 aromatic rings. The van der Waals surface area contributed by atoms with Crippen LogP contribution in [-0.2, 0) is 9.59 Å². The van der Waals surface area contributed by atoms with E-state index < -0.39 is 29.9 Å². The van der Waals surface area contributed by atoms with Crippen LogP contribution in [0.2, 0.25) is 0 Å². The Labute approximate surface area is 118 Å². The first-order chi connectivity index (χ1) is 9.31. The molecule has 0 aromatic carbocycles. The lowest BCUT2D eigenvalue weighted by atomic mass is 10.1. The third kappa shape index (κ3) is 4.80. The van der Waals surface area contributed by atoms with Gasteiger partial charge in [0.25, 0.3) is 0 Å². The highest BCUT2D eigenvalue weighted by Gasteiger charge is 2.33. The Kier molecular flexibility index (Phi) is 5.94. The Morgan fingerprint density at radius 3 is 2.45 bits per heavy atom. The minimum absolute atomic E-state index is 0.309. The first-order valence-corrected chi connectivity index (χ1v) is 6.86. The standard InChI is InChI=1S/C13H23N3O4/c1-8(2)6-14-13(20)15-11(17)9(3)16-5-4-10(7-16)12(18)19/h8-10H,4-7H2,1-3H3,(H,18,19)(H2,14,15,17,20). The molecule has 2 atom stereocenters. The van der Waals surface area contributed by atoms with Crippen molar-refractivity contribution in [3.63, 3.8) is 0 Å². The van der Waals surface area contributed by atoms with Crippen LogP contribution < -0.4 is 10.6 Å². The second-order valence-electron chi connectivity index (χ2n) is 5.59. The van der Waals surface area contributed by atoms with E-state index in [1.807, 2.05) is 13.8 Å². The Morgan fingerprint density at radius 1 is 1.30 bits per heavy atom. The lowest BCUT2D eigenvalue weighted by Gasteiger charge is -2.22. The van der Waals surface area contributed by atoms with Crippen molar-refractivity contribution in [2.24, 2.45) is 11.8 Å². The van der Waals surface area contributed by atoms with Crippen molar-refractivity contribution in [1.29, 1.82) is 0 Å². The van der Waals surface area contributed by atoms with Crippen molar-refractivity contribution >= 4 is 17.9 Å². The zero-order chi connectivity index (χ0) is 15.3. The summed E-state index contributed by atoms with van der Waals surface area (Å²) >= 11 is 0. The molecular formula is C13H23N3O4. The minimum Gasteiger partial charge on any atom is -0.481 e. The average molecular weight is 285 g/mol. The van der Waals surface area contributed by atoms with Crippen LogP contribution in [0, 0.1) is 11.8 Å². The number of imide groups is 1. The number of likely N-dealkylation sites (tertiary alicyclic amines) is 1. The van der Waals surface area contributed by atoms with Gasteiger partial charge < -0.3 is 10.4 Å². The van der Waals surface area contributed by atoms with Gasteiger partial charge in [0.15, 0.2) is 0 Å². The molecule has 0 bridgehead atoms. The molecule has 0 aliphatic carbocycles. The Hall–Kier alpha value is -1.63. The largest absolute Gasteiger partial charge is 0.481 e. The third-order valence-corrected chi connectivity index (χ3v) is 3.40. The number of urea groups is 1. The van der Waals surface area contributed by atoms with Crippen LogP contribution in [0.3, 0.4) is 0 Å². The number of nitrogens with one attached hydrogen (secondary N) is 2. The first-order valence-electron chi connectivity index (χ1n) is 6.86. The van der Waals surface area contributed by atoms with E-state index in [9.17, 15) is 14.4 Å². The lowest BCUT2D eigenvalue weighted by Crippen LogP contribution is -2.49. The van der Waals surface area contributed by atoms with Crippen LogP contribution in [0.4, 0.5) is 4.79 Å². The van der Waals surface area contributed by atoms with Gasteiger partial charge in [0.2, 0.25) is 5.91 Å². The van der Waals surface area contributed by atoms with Crippen LogP contribution in [0.15, 0.2) is 0 Å². The van der Waals surface area contributed by atoms with E-state index in [0.29, 0.717) is 32.0 Å². The summed E-state index contributed by atoms with van der Waals surface area (Å²) < 4.78 is 0. The second-order valence-corrected chi connectivity index (χ2v) is 5.59. The normalized spacial score (nSPS) is 20.7. The number of carboxylic acids is 1. The molecule has 1 aliphatic heterocycles. The summed E-state index contributed by atoms with van der Waals surface area (Å²) in [4.78, 5) is 36.1. The topological polar surface area (TPSA) is 98.7 Å². The van der Waals surface area contributed by atoms with Crippen LogP contribution in [0.25, 0.3) is 0 Å². The van der Waals surface area contributed by atoms with Crippen LogP contribution in [0.1, 0.15) is 27.2 Å². The molecular weight excluding hydrogens is 262 g/mol. The van der Waals surface area contributed by atoms with E-state index in [4.69, 9.17) is 5.11 Å². The SMILES string of the molecule is CC(C)CNC(=O)NC(=O)C(C)N1CCC(C(=O)O)C1. The number of carbonyl (C=O) groups excluding carboxylic acids is 2. The fraction of sp³-hybridized carbons (Fsp3) is 0.769. The van der Waals surface area contributed by atoms with E-state index in [1.54, 1.807) is 11.8 Å². The predicted octanol–water partition coefficient (Wildman–Crippen LogP) is 0.263. The van der Waals surface area contributed by atoms with E-state index in [0.717, 1.165) is 0 Å². The molecule has 1 heterocycles. The Bertz CT molecular complexity index is 384. The maximum absolute atomic E-state index is 11.9. The zero-order valence-electron chi connectivity index (χ0n) is 12.2. The first kappa shape index (κ1) is 16.4. The van der Waals surface area contributed by atoms with Crippen LogP contribution >= 0.6 is 0 Å². The van der Waals surface area contributed by atoms with Crippen molar-refractivity contribution in [2.45, 2.75) is 33.2 Å². The van der Waals surface area contributed by atoms with Gasteiger partial charge in [-0.15, -0.1) is 0 Å². The molecule has 1 fully saturated rings. The van der Waals surface area contributed by atoms with Gasteiger partial charge in [-0.1, -0.05) is 13.8 Å². The summed E-state index contributed by atoms with van der Waals surface area (Å²) in [6, 6.07) is -1.02. The van der Waals surface area contributed by atoms with E-state index in [1.165, 1.54) is 0 Å². The van der Waals surface area contributed by atoms with Gasteiger partial charge in [-0.2, -0.15) is 0 Å². The number of amides is 3. The van der Waals surface area contributed by atoms with Gasteiger partial charge in [0, 0.05) is 13.1 Å². The van der Waals surface area contributed by atoms with Gasteiger partial charge in [-0.25, -0.2) is 4.79 Å². The summed E-state index contributed by atoms with van der Waals surface area (Å²) in [6.45, 7) is 6.99. The molecule has 0 spiro atoms. The number of carboxylic acid groups (broad SMARTS) is 1. The number of rotatable bonds is 5. The number of hydrogen-bond acceptors (Lipinski definition) is 4. The lowest BCUT2D eigenvalue weighted by molar-refractivity contribution is -0.141. The molecule has 3 N–H and O–H groups in total. The van der Waals surface area contributed by atoms with Crippen molar-refractivity contribution in [2.75, 3.05) is 19.6 Å². The van der Waals surface area contributed by atoms with Gasteiger partial charge in [0.05, 0.1) is 12.0 Å². The zero-order valence-corrected chi connectivity index (χ0v) is 12.2. The van der Waals surface area contributed by atoms with Gasteiger partial charge in [0.1, 0.15) is 0 Å². The van der Waals surface area contributed by atoms with Crippen LogP contribution in [0.5, 0.6) is 0 Å². The number of nitrogens with zero attached hydrogens (tertiary/aromatic N) is 1. The van der Waals surface area contributed by atoms with Gasteiger partial charge in [-0.05, 0) is 25.8 Å². The average Bonchev–Trinajstić information content (AvgIpc) is 2.85. The summed E-state index contributed by atoms with van der Waals surface area (Å²) in [7, 11) is 0. The maximum Gasteiger partial charge on any atom is 0.321 e. The maximum atomic E-state index is 11.9. The number of aliphatic carboxylic acids is 1. The monoisotopic (exact) mass is 285 g/mol. The second kappa shape index (κ2) is 7.23. The molecule has 1 rings (SSSR count). The number of hydrogen-bond donors (Lipinski definition) is 3. The van der Waals surface area contributed by atoms with Gasteiger partial charge in [-0.3, -0.25) is 19.8 Å². The quantitative estimate of drug-likeness (QED) is 0.673. The van der Waals surface area contributed by atoms with Crippen molar-refractivity contribution < 1.29 is 19.5 Å². The highest BCUT2D eigenvalue weighted by Crippen LogP contribution is 2.18. The fourth-order valence-electron chi connectivity index (χ4n) is 2.06.